The van der Waals surface area contributed by atoms with E-state index in [1.54, 1.807) is 0 Å². The second-order valence-electron chi connectivity index (χ2n) is 4.56. The molecule has 1 heterocycles. The minimum atomic E-state index is -0.330. The molecule has 100 valence electrons. The van der Waals surface area contributed by atoms with Gasteiger partial charge in [-0.2, -0.15) is 0 Å². The van der Waals surface area contributed by atoms with Crippen molar-refractivity contribution in [1.29, 1.82) is 0 Å². The normalized spacial score (nSPS) is 12.9. The summed E-state index contributed by atoms with van der Waals surface area (Å²) in [4.78, 5) is 12.0. The summed E-state index contributed by atoms with van der Waals surface area (Å²) in [5.74, 6) is 0.468. The zero-order valence-corrected chi connectivity index (χ0v) is 10.9. The van der Waals surface area contributed by atoms with Crippen LogP contribution in [0.5, 0.6) is 5.75 Å². The van der Waals surface area contributed by atoms with Crippen LogP contribution in [0.2, 0.25) is 0 Å². The maximum absolute atomic E-state index is 12.0. The molecule has 3 nitrogen and oxygen atoms in total. The SMILES string of the molecule is O=C(OCc1ccccc1)C1=Cc2ccccc2OC1. The number of carbonyl (C=O) groups is 1. The zero-order valence-electron chi connectivity index (χ0n) is 10.9. The number of para-hydroxylation sites is 1. The van der Waals surface area contributed by atoms with Gasteiger partial charge in [0.2, 0.25) is 0 Å². The maximum atomic E-state index is 12.0. The summed E-state index contributed by atoms with van der Waals surface area (Å²) in [5.41, 5.74) is 2.42. The highest BCUT2D eigenvalue weighted by Gasteiger charge is 2.18. The van der Waals surface area contributed by atoms with E-state index < -0.39 is 0 Å². The molecule has 0 N–H and O–H groups in total. The summed E-state index contributed by atoms with van der Waals surface area (Å²) < 4.78 is 10.8. The molecule has 3 rings (SSSR count). The first-order valence-electron chi connectivity index (χ1n) is 6.46. The number of hydrogen-bond acceptors (Lipinski definition) is 3. The molecule has 0 aromatic heterocycles. The molecule has 0 aliphatic carbocycles. The molecule has 0 spiro atoms. The van der Waals surface area contributed by atoms with Gasteiger partial charge in [-0.15, -0.1) is 0 Å². The largest absolute Gasteiger partial charge is 0.488 e. The van der Waals surface area contributed by atoms with Crippen molar-refractivity contribution in [1.82, 2.24) is 0 Å². The average molecular weight is 266 g/mol. The highest BCUT2D eigenvalue weighted by atomic mass is 16.5. The lowest BCUT2D eigenvalue weighted by molar-refractivity contribution is -0.140. The summed E-state index contributed by atoms with van der Waals surface area (Å²) >= 11 is 0. The van der Waals surface area contributed by atoms with Crippen LogP contribution in [0.15, 0.2) is 60.2 Å². The number of carbonyl (C=O) groups excluding carboxylic acids is 1. The Labute approximate surface area is 117 Å². The Morgan fingerprint density at radius 2 is 1.80 bits per heavy atom. The first-order valence-corrected chi connectivity index (χ1v) is 6.46. The van der Waals surface area contributed by atoms with E-state index >= 15 is 0 Å². The smallest absolute Gasteiger partial charge is 0.337 e. The maximum Gasteiger partial charge on any atom is 0.337 e. The van der Waals surface area contributed by atoms with Crippen LogP contribution in [0.3, 0.4) is 0 Å². The predicted molar refractivity (Wildman–Crippen MR) is 76.2 cm³/mol. The summed E-state index contributed by atoms with van der Waals surface area (Å²) in [7, 11) is 0. The van der Waals surface area contributed by atoms with Gasteiger partial charge < -0.3 is 9.47 Å². The van der Waals surface area contributed by atoms with Crippen molar-refractivity contribution in [2.75, 3.05) is 6.61 Å². The van der Waals surface area contributed by atoms with E-state index in [0.29, 0.717) is 5.57 Å². The van der Waals surface area contributed by atoms with Gasteiger partial charge >= 0.3 is 5.97 Å². The fraction of sp³-hybridized carbons (Fsp3) is 0.118. The summed E-state index contributed by atoms with van der Waals surface area (Å²) in [6.07, 6.45) is 1.83. The number of rotatable bonds is 3. The molecule has 1 aliphatic heterocycles. The van der Waals surface area contributed by atoms with Gasteiger partial charge in [-0.05, 0) is 17.7 Å². The molecule has 0 atom stereocenters. The Morgan fingerprint density at radius 1 is 1.05 bits per heavy atom. The Hall–Kier alpha value is -2.55. The number of hydrogen-bond donors (Lipinski definition) is 0. The summed E-state index contributed by atoms with van der Waals surface area (Å²) in [6.45, 7) is 0.531. The summed E-state index contributed by atoms with van der Waals surface area (Å²) in [5, 5.41) is 0. The minimum Gasteiger partial charge on any atom is -0.488 e. The molecule has 20 heavy (non-hydrogen) atoms. The van der Waals surface area contributed by atoms with Gasteiger partial charge in [-0.3, -0.25) is 0 Å². The lowest BCUT2D eigenvalue weighted by atomic mass is 10.1. The Balaban J connectivity index is 1.68. The molecule has 1 aliphatic rings. The van der Waals surface area contributed by atoms with Gasteiger partial charge in [-0.25, -0.2) is 4.79 Å². The van der Waals surface area contributed by atoms with Gasteiger partial charge in [0.15, 0.2) is 0 Å². The van der Waals surface area contributed by atoms with E-state index in [1.165, 1.54) is 0 Å². The van der Waals surface area contributed by atoms with Crippen molar-refractivity contribution in [3.8, 4) is 5.75 Å². The molecule has 3 heteroatoms. The molecular formula is C17H14O3. The van der Waals surface area contributed by atoms with Crippen LogP contribution < -0.4 is 4.74 Å². The number of esters is 1. The van der Waals surface area contributed by atoms with Crippen LogP contribution in [0.25, 0.3) is 6.08 Å². The first-order chi connectivity index (χ1) is 9.83. The third-order valence-electron chi connectivity index (χ3n) is 3.11. The topological polar surface area (TPSA) is 35.5 Å². The van der Waals surface area contributed by atoms with E-state index in [4.69, 9.17) is 9.47 Å². The van der Waals surface area contributed by atoms with Gasteiger partial charge in [0.05, 0.1) is 5.57 Å². The van der Waals surface area contributed by atoms with Crippen LogP contribution in [-0.4, -0.2) is 12.6 Å². The molecular weight excluding hydrogens is 252 g/mol. The van der Waals surface area contributed by atoms with E-state index in [1.807, 2.05) is 60.7 Å². The van der Waals surface area contributed by atoms with E-state index in [0.717, 1.165) is 16.9 Å². The number of fused-ring (bicyclic) bond motifs is 1. The quantitative estimate of drug-likeness (QED) is 0.800. The monoisotopic (exact) mass is 266 g/mol. The molecule has 0 fully saturated rings. The Kier molecular flexibility index (Phi) is 3.50. The standard InChI is InChI=1S/C17H14O3/c18-17(20-11-13-6-2-1-3-7-13)15-10-14-8-4-5-9-16(14)19-12-15/h1-10H,11-12H2. The second-order valence-corrected chi connectivity index (χ2v) is 4.56. The zero-order chi connectivity index (χ0) is 13.8. The second kappa shape index (κ2) is 5.61. The van der Waals surface area contributed by atoms with Crippen LogP contribution in [-0.2, 0) is 16.1 Å². The molecule has 0 saturated carbocycles. The minimum absolute atomic E-state index is 0.255. The molecule has 2 aromatic rings. The van der Waals surface area contributed by atoms with Gasteiger partial charge in [0, 0.05) is 5.56 Å². The Bertz CT molecular complexity index is 644. The van der Waals surface area contributed by atoms with Crippen LogP contribution in [0.1, 0.15) is 11.1 Å². The van der Waals surface area contributed by atoms with Gasteiger partial charge in [0.1, 0.15) is 19.0 Å². The molecule has 0 amide bonds. The molecule has 0 saturated heterocycles. The first kappa shape index (κ1) is 12.5. The predicted octanol–water partition coefficient (Wildman–Crippen LogP) is 3.21. The van der Waals surface area contributed by atoms with E-state index in [2.05, 4.69) is 0 Å². The molecule has 0 unspecified atom stereocenters. The highest BCUT2D eigenvalue weighted by molar-refractivity contribution is 5.95. The third-order valence-corrected chi connectivity index (χ3v) is 3.11. The lowest BCUT2D eigenvalue weighted by Crippen LogP contribution is -2.17. The van der Waals surface area contributed by atoms with Crippen molar-refractivity contribution in [3.63, 3.8) is 0 Å². The fourth-order valence-electron chi connectivity index (χ4n) is 2.05. The van der Waals surface area contributed by atoms with Crippen molar-refractivity contribution < 1.29 is 14.3 Å². The van der Waals surface area contributed by atoms with Crippen LogP contribution in [0, 0.1) is 0 Å². The fourth-order valence-corrected chi connectivity index (χ4v) is 2.05. The van der Waals surface area contributed by atoms with Crippen molar-refractivity contribution >= 4 is 12.0 Å². The van der Waals surface area contributed by atoms with Crippen molar-refractivity contribution in [2.45, 2.75) is 6.61 Å². The van der Waals surface area contributed by atoms with Crippen molar-refractivity contribution in [2.24, 2.45) is 0 Å². The van der Waals surface area contributed by atoms with Crippen LogP contribution in [0.4, 0.5) is 0 Å². The van der Waals surface area contributed by atoms with E-state index in [9.17, 15) is 4.79 Å². The average Bonchev–Trinajstić information content (AvgIpc) is 2.53. The van der Waals surface area contributed by atoms with Crippen LogP contribution >= 0.6 is 0 Å². The number of benzene rings is 2. The number of ether oxygens (including phenoxy) is 2. The summed E-state index contributed by atoms with van der Waals surface area (Å²) in [6, 6.07) is 17.2. The highest BCUT2D eigenvalue weighted by Crippen LogP contribution is 2.26. The van der Waals surface area contributed by atoms with Crippen molar-refractivity contribution in [3.05, 3.63) is 71.3 Å². The van der Waals surface area contributed by atoms with Gasteiger partial charge in [0.25, 0.3) is 0 Å². The lowest BCUT2D eigenvalue weighted by Gasteiger charge is -2.16. The molecule has 0 radical (unpaired) electrons. The van der Waals surface area contributed by atoms with Gasteiger partial charge in [-0.1, -0.05) is 48.5 Å². The molecule has 0 bridgehead atoms. The molecule has 2 aromatic carbocycles. The third kappa shape index (κ3) is 2.72. The van der Waals surface area contributed by atoms with E-state index in [-0.39, 0.29) is 19.2 Å². The Morgan fingerprint density at radius 3 is 2.65 bits per heavy atom.